The van der Waals surface area contributed by atoms with Crippen molar-refractivity contribution in [3.05, 3.63) is 144 Å². The quantitative estimate of drug-likeness (QED) is 0.136. The molecule has 8 rings (SSSR count). The summed E-state index contributed by atoms with van der Waals surface area (Å²) in [5, 5.41) is 5.93. The van der Waals surface area contributed by atoms with E-state index in [0.29, 0.717) is 61.7 Å². The minimum Gasteiger partial charge on any atom is -0.443 e. The van der Waals surface area contributed by atoms with E-state index in [9.17, 15) is 19.2 Å². The van der Waals surface area contributed by atoms with Crippen LogP contribution in [0.25, 0.3) is 34.8 Å². The van der Waals surface area contributed by atoms with E-state index in [1.165, 1.54) is 12.8 Å². The van der Waals surface area contributed by atoms with Crippen LogP contribution in [0, 0.1) is 0 Å². The van der Waals surface area contributed by atoms with E-state index in [0.717, 1.165) is 22.3 Å². The molecular formula is C44H38N6O6. The molecule has 56 heavy (non-hydrogen) atoms. The van der Waals surface area contributed by atoms with Crippen molar-refractivity contribution in [2.75, 3.05) is 23.7 Å². The van der Waals surface area contributed by atoms with Crippen LogP contribution in [0.1, 0.15) is 57.8 Å². The molecule has 2 saturated heterocycles. The summed E-state index contributed by atoms with van der Waals surface area (Å²) in [6.45, 7) is 0.909. The summed E-state index contributed by atoms with van der Waals surface area (Å²) >= 11 is 0. The van der Waals surface area contributed by atoms with Crippen LogP contribution in [-0.4, -0.2) is 68.6 Å². The van der Waals surface area contributed by atoms with Crippen LogP contribution in [0.5, 0.6) is 0 Å². The van der Waals surface area contributed by atoms with Crippen LogP contribution in [0.4, 0.5) is 11.4 Å². The van der Waals surface area contributed by atoms with Crippen molar-refractivity contribution in [3.63, 3.8) is 0 Å². The fraction of sp³-hybridized carbons (Fsp3) is 0.182. The number of aromatic nitrogens is 2. The topological polar surface area (TPSA) is 151 Å². The molecule has 12 heteroatoms. The highest BCUT2D eigenvalue weighted by Crippen LogP contribution is 2.29. The van der Waals surface area contributed by atoms with E-state index < -0.39 is 12.1 Å². The maximum absolute atomic E-state index is 13.5. The Morgan fingerprint density at radius 1 is 0.554 bits per heavy atom. The van der Waals surface area contributed by atoms with Gasteiger partial charge in [0.25, 0.3) is 11.8 Å². The summed E-state index contributed by atoms with van der Waals surface area (Å²) in [5.41, 5.74) is 4.96. The number of benzene rings is 4. The van der Waals surface area contributed by atoms with E-state index in [4.69, 9.17) is 8.83 Å². The van der Waals surface area contributed by atoms with Gasteiger partial charge in [-0.1, -0.05) is 97.1 Å². The molecule has 2 aromatic heterocycles. The number of likely N-dealkylation sites (tertiary alicyclic amines) is 2. The van der Waals surface area contributed by atoms with Crippen molar-refractivity contribution < 1.29 is 28.0 Å². The SMILES string of the molecule is O=C(Nc1ccc(/C=C/c2ccc(NC(=O)[C@@H]3CCCN3C(=O)c3ncoc3-c3ccccc3)cc2)cc1)[C@@H]1CCCN1C(=O)c1ncoc1-c1ccccc1. The second-order valence-electron chi connectivity index (χ2n) is 13.7. The minimum atomic E-state index is -0.623. The molecule has 0 bridgehead atoms. The number of carbonyl (C=O) groups is 4. The molecule has 6 aromatic rings. The van der Waals surface area contributed by atoms with Crippen LogP contribution in [0.3, 0.4) is 0 Å². The largest absolute Gasteiger partial charge is 0.443 e. The third-order valence-corrected chi connectivity index (χ3v) is 10.1. The first-order valence-electron chi connectivity index (χ1n) is 18.5. The van der Waals surface area contributed by atoms with Crippen molar-refractivity contribution >= 4 is 47.2 Å². The number of oxazole rings is 2. The summed E-state index contributed by atoms with van der Waals surface area (Å²) in [5.74, 6) is -0.404. The number of anilines is 2. The van der Waals surface area contributed by atoms with Gasteiger partial charge in [-0.15, -0.1) is 0 Å². The van der Waals surface area contributed by atoms with Gasteiger partial charge in [-0.05, 0) is 61.1 Å². The molecule has 0 unspecified atom stereocenters. The van der Waals surface area contributed by atoms with E-state index >= 15 is 0 Å². The third kappa shape index (κ3) is 7.62. The van der Waals surface area contributed by atoms with Crippen LogP contribution in [0.2, 0.25) is 0 Å². The first kappa shape index (κ1) is 35.9. The predicted molar refractivity (Wildman–Crippen MR) is 211 cm³/mol. The number of nitrogens with one attached hydrogen (secondary N) is 2. The predicted octanol–water partition coefficient (Wildman–Crippen LogP) is 7.65. The molecule has 0 saturated carbocycles. The third-order valence-electron chi connectivity index (χ3n) is 10.1. The Kier molecular flexibility index (Phi) is 10.3. The van der Waals surface area contributed by atoms with Gasteiger partial charge in [-0.25, -0.2) is 9.97 Å². The Balaban J connectivity index is 0.847. The average Bonchev–Trinajstić information content (AvgIpc) is 4.08. The maximum atomic E-state index is 13.5. The van der Waals surface area contributed by atoms with E-state index in [2.05, 4.69) is 20.6 Å². The highest BCUT2D eigenvalue weighted by Gasteiger charge is 2.38. The summed E-state index contributed by atoms with van der Waals surface area (Å²) in [6, 6.07) is 32.3. The highest BCUT2D eigenvalue weighted by atomic mass is 16.3. The van der Waals surface area contributed by atoms with Gasteiger partial charge in [-0.2, -0.15) is 0 Å². The smallest absolute Gasteiger partial charge is 0.277 e. The Labute approximate surface area is 322 Å². The number of carbonyl (C=O) groups excluding carboxylic acids is 4. The van der Waals surface area contributed by atoms with Gasteiger partial charge in [0.15, 0.2) is 35.7 Å². The van der Waals surface area contributed by atoms with Gasteiger partial charge >= 0.3 is 0 Å². The Morgan fingerprint density at radius 2 is 0.946 bits per heavy atom. The van der Waals surface area contributed by atoms with Crippen LogP contribution in [0.15, 0.2) is 131 Å². The number of amides is 4. The lowest BCUT2D eigenvalue weighted by Crippen LogP contribution is -2.43. The van der Waals surface area contributed by atoms with Gasteiger partial charge in [0, 0.05) is 35.6 Å². The highest BCUT2D eigenvalue weighted by molar-refractivity contribution is 6.04. The second-order valence-corrected chi connectivity index (χ2v) is 13.7. The number of rotatable bonds is 10. The lowest BCUT2D eigenvalue weighted by molar-refractivity contribution is -0.120. The standard InChI is InChI=1S/C44H38N6O6/c51-41(35-13-7-25-49(35)43(53)37-39(55-27-45-37)31-9-3-1-4-10-31)47-33-21-17-29(18-22-33)15-16-30-19-23-34(24-20-30)48-42(52)36-14-8-26-50(36)44(54)38-40(56-28-46-38)32-11-5-2-6-12-32/h1-6,9-12,15-24,27-28,35-36H,7-8,13-14,25-26H2,(H,47,51)(H,48,52)/b16-15+/t35-,36-/m0/s1. The molecule has 2 atom stereocenters. The molecule has 2 aliphatic heterocycles. The molecule has 0 aliphatic carbocycles. The van der Waals surface area contributed by atoms with Crippen LogP contribution >= 0.6 is 0 Å². The second kappa shape index (κ2) is 16.1. The molecule has 12 nitrogen and oxygen atoms in total. The van der Waals surface area contributed by atoms with Crippen molar-refractivity contribution in [1.29, 1.82) is 0 Å². The molecule has 4 heterocycles. The summed E-state index contributed by atoms with van der Waals surface area (Å²) in [7, 11) is 0. The van der Waals surface area contributed by atoms with Crippen molar-refractivity contribution in [3.8, 4) is 22.6 Å². The first-order valence-corrected chi connectivity index (χ1v) is 18.5. The Hall–Kier alpha value is -7.08. The molecule has 0 spiro atoms. The summed E-state index contributed by atoms with van der Waals surface area (Å²) in [4.78, 5) is 65.3. The molecule has 2 N–H and O–H groups in total. The van der Waals surface area contributed by atoms with E-state index in [1.54, 1.807) is 9.80 Å². The van der Waals surface area contributed by atoms with Crippen LogP contribution < -0.4 is 10.6 Å². The van der Waals surface area contributed by atoms with Gasteiger partial charge in [0.05, 0.1) is 0 Å². The summed E-state index contributed by atoms with van der Waals surface area (Å²) < 4.78 is 11.1. The van der Waals surface area contributed by atoms with E-state index in [1.807, 2.05) is 121 Å². The molecule has 0 radical (unpaired) electrons. The fourth-order valence-corrected chi connectivity index (χ4v) is 7.22. The maximum Gasteiger partial charge on any atom is 0.277 e. The molecule has 2 fully saturated rings. The van der Waals surface area contributed by atoms with Gasteiger partial charge in [0.1, 0.15) is 12.1 Å². The Morgan fingerprint density at radius 3 is 1.34 bits per heavy atom. The van der Waals surface area contributed by atoms with Gasteiger partial charge < -0.3 is 29.3 Å². The van der Waals surface area contributed by atoms with Crippen molar-refractivity contribution in [1.82, 2.24) is 19.8 Å². The number of hydrogen-bond donors (Lipinski definition) is 2. The average molecular weight is 747 g/mol. The zero-order valence-electron chi connectivity index (χ0n) is 30.3. The number of nitrogens with zero attached hydrogens (tertiary/aromatic N) is 4. The summed E-state index contributed by atoms with van der Waals surface area (Å²) in [6.07, 6.45) is 8.94. The monoisotopic (exact) mass is 746 g/mol. The fourth-order valence-electron chi connectivity index (χ4n) is 7.22. The minimum absolute atomic E-state index is 0.192. The van der Waals surface area contributed by atoms with Crippen molar-refractivity contribution in [2.45, 2.75) is 37.8 Å². The van der Waals surface area contributed by atoms with Gasteiger partial charge in [-0.3, -0.25) is 19.2 Å². The van der Waals surface area contributed by atoms with Crippen molar-refractivity contribution in [2.24, 2.45) is 0 Å². The first-order chi connectivity index (χ1) is 27.4. The molecule has 280 valence electrons. The lowest BCUT2D eigenvalue weighted by atomic mass is 10.1. The number of hydrogen-bond acceptors (Lipinski definition) is 8. The zero-order valence-corrected chi connectivity index (χ0v) is 30.3. The zero-order chi connectivity index (χ0) is 38.4. The van der Waals surface area contributed by atoms with Crippen LogP contribution in [-0.2, 0) is 9.59 Å². The normalized spacial score (nSPS) is 16.6. The van der Waals surface area contributed by atoms with E-state index in [-0.39, 0.29) is 35.0 Å². The molecule has 4 aromatic carbocycles. The Bertz CT molecular complexity index is 2200. The molecule has 4 amide bonds. The molecule has 2 aliphatic rings. The molecular weight excluding hydrogens is 709 g/mol. The van der Waals surface area contributed by atoms with Gasteiger partial charge in [0.2, 0.25) is 11.8 Å². The lowest BCUT2D eigenvalue weighted by Gasteiger charge is -2.23.